The van der Waals surface area contributed by atoms with E-state index in [1.807, 2.05) is 24.3 Å². The standard InChI is InChI=1S/C24H24O3/c25-22(23-10-15-9-16(11-23)13-24(26,12-15)14-23)27-21-19-7-3-1-5-17(19)18-6-2-4-8-20(18)21/h1-8,15-16,21,26H,9-14H2/t15-,16+,23?,24?. The fraction of sp³-hybridized carbons (Fsp3) is 0.458. The van der Waals surface area contributed by atoms with Gasteiger partial charge in [0.25, 0.3) is 0 Å². The Hall–Kier alpha value is -2.13. The smallest absolute Gasteiger partial charge is 0.313 e. The van der Waals surface area contributed by atoms with Crippen LogP contribution < -0.4 is 0 Å². The van der Waals surface area contributed by atoms with Gasteiger partial charge in [0.2, 0.25) is 0 Å². The van der Waals surface area contributed by atoms with Crippen molar-refractivity contribution in [2.45, 2.75) is 50.2 Å². The highest BCUT2D eigenvalue weighted by molar-refractivity contribution is 5.82. The van der Waals surface area contributed by atoms with Gasteiger partial charge >= 0.3 is 5.97 Å². The fourth-order valence-electron chi connectivity index (χ4n) is 6.92. The Morgan fingerprint density at radius 3 is 2.00 bits per heavy atom. The van der Waals surface area contributed by atoms with Gasteiger partial charge in [-0.25, -0.2) is 0 Å². The highest BCUT2D eigenvalue weighted by Gasteiger charge is 2.61. The minimum atomic E-state index is -0.644. The molecule has 2 aromatic rings. The second-order valence-corrected chi connectivity index (χ2v) is 9.43. The second-order valence-electron chi connectivity index (χ2n) is 9.43. The molecule has 3 heteroatoms. The number of ether oxygens (including phenoxy) is 1. The van der Waals surface area contributed by atoms with Crippen molar-refractivity contribution >= 4 is 5.97 Å². The van der Waals surface area contributed by atoms with Crippen molar-refractivity contribution < 1.29 is 14.6 Å². The Bertz CT molecular complexity index is 887. The summed E-state index contributed by atoms with van der Waals surface area (Å²) in [6, 6.07) is 16.5. The number of carbonyl (C=O) groups is 1. The summed E-state index contributed by atoms with van der Waals surface area (Å²) in [5.41, 5.74) is 3.36. The molecule has 2 unspecified atom stereocenters. The van der Waals surface area contributed by atoms with Gasteiger partial charge in [-0.15, -0.1) is 0 Å². The molecule has 7 rings (SSSR count). The van der Waals surface area contributed by atoms with E-state index in [0.29, 0.717) is 18.3 Å². The minimum absolute atomic E-state index is 0.0912. The van der Waals surface area contributed by atoms with Crippen LogP contribution in [0.2, 0.25) is 0 Å². The zero-order valence-corrected chi connectivity index (χ0v) is 15.4. The van der Waals surface area contributed by atoms with Crippen LogP contribution in [0, 0.1) is 17.3 Å². The van der Waals surface area contributed by atoms with E-state index < -0.39 is 11.0 Å². The first kappa shape index (κ1) is 15.9. The van der Waals surface area contributed by atoms with Crippen LogP contribution in [-0.4, -0.2) is 16.7 Å². The van der Waals surface area contributed by atoms with Crippen LogP contribution in [0.3, 0.4) is 0 Å². The number of aliphatic hydroxyl groups is 1. The van der Waals surface area contributed by atoms with Crippen LogP contribution in [0.1, 0.15) is 55.8 Å². The Morgan fingerprint density at radius 1 is 0.889 bits per heavy atom. The number of hydrogen-bond donors (Lipinski definition) is 1. The average molecular weight is 360 g/mol. The summed E-state index contributed by atoms with van der Waals surface area (Å²) in [4.78, 5) is 13.5. The van der Waals surface area contributed by atoms with E-state index >= 15 is 0 Å². The summed E-state index contributed by atoms with van der Waals surface area (Å²) in [6.45, 7) is 0. The third-order valence-corrected chi connectivity index (χ3v) is 7.46. The van der Waals surface area contributed by atoms with Gasteiger partial charge in [-0.2, -0.15) is 0 Å². The van der Waals surface area contributed by atoms with Crippen LogP contribution in [0.5, 0.6) is 0 Å². The fourth-order valence-corrected chi connectivity index (χ4v) is 6.92. The molecule has 0 amide bonds. The number of carbonyl (C=O) groups excluding carboxylic acids is 1. The molecular formula is C24H24O3. The molecule has 0 aliphatic heterocycles. The molecule has 3 nitrogen and oxygen atoms in total. The third kappa shape index (κ3) is 2.21. The monoisotopic (exact) mass is 360 g/mol. The quantitative estimate of drug-likeness (QED) is 0.794. The van der Waals surface area contributed by atoms with E-state index in [4.69, 9.17) is 4.74 Å². The topological polar surface area (TPSA) is 46.5 Å². The molecule has 5 aliphatic rings. The minimum Gasteiger partial charge on any atom is -0.452 e. The van der Waals surface area contributed by atoms with Crippen molar-refractivity contribution in [3.63, 3.8) is 0 Å². The molecule has 4 atom stereocenters. The number of fused-ring (bicyclic) bond motifs is 3. The normalized spacial score (nSPS) is 35.7. The molecule has 138 valence electrons. The zero-order valence-electron chi connectivity index (χ0n) is 15.4. The van der Waals surface area contributed by atoms with Crippen molar-refractivity contribution in [3.05, 3.63) is 59.7 Å². The van der Waals surface area contributed by atoms with Gasteiger partial charge in [0.15, 0.2) is 6.10 Å². The predicted octanol–water partition coefficient (Wildman–Crippen LogP) is 4.63. The Balaban J connectivity index is 1.36. The van der Waals surface area contributed by atoms with Crippen molar-refractivity contribution in [3.8, 4) is 11.1 Å². The summed E-state index contributed by atoms with van der Waals surface area (Å²) in [5, 5.41) is 11.0. The van der Waals surface area contributed by atoms with Gasteiger partial charge in [-0.1, -0.05) is 48.5 Å². The lowest BCUT2D eigenvalue weighted by Crippen LogP contribution is -2.58. The Labute approximate surface area is 159 Å². The van der Waals surface area contributed by atoms with E-state index in [-0.39, 0.29) is 12.1 Å². The molecule has 5 aliphatic carbocycles. The van der Waals surface area contributed by atoms with Crippen molar-refractivity contribution in [1.82, 2.24) is 0 Å². The average Bonchev–Trinajstić information content (AvgIpc) is 2.94. The van der Waals surface area contributed by atoms with Gasteiger partial charge in [-0.3, -0.25) is 4.79 Å². The maximum absolute atomic E-state index is 13.5. The van der Waals surface area contributed by atoms with Gasteiger partial charge in [-0.05, 0) is 61.5 Å². The first-order valence-corrected chi connectivity index (χ1v) is 10.2. The Morgan fingerprint density at radius 2 is 1.44 bits per heavy atom. The van der Waals surface area contributed by atoms with E-state index in [1.165, 1.54) is 6.42 Å². The maximum atomic E-state index is 13.5. The summed E-state index contributed by atoms with van der Waals surface area (Å²) >= 11 is 0. The Kier molecular flexibility index (Phi) is 3.08. The lowest BCUT2D eigenvalue weighted by molar-refractivity contribution is -0.198. The molecule has 0 spiro atoms. The van der Waals surface area contributed by atoms with Crippen molar-refractivity contribution in [1.29, 1.82) is 0 Å². The summed E-state index contributed by atoms with van der Waals surface area (Å²) in [5.74, 6) is 0.866. The number of rotatable bonds is 2. The highest BCUT2D eigenvalue weighted by Crippen LogP contribution is 2.62. The zero-order chi connectivity index (χ0) is 18.2. The van der Waals surface area contributed by atoms with Crippen LogP contribution in [-0.2, 0) is 9.53 Å². The maximum Gasteiger partial charge on any atom is 0.313 e. The molecule has 4 bridgehead atoms. The first-order chi connectivity index (χ1) is 13.1. The lowest BCUT2D eigenvalue weighted by atomic mass is 9.48. The predicted molar refractivity (Wildman–Crippen MR) is 102 cm³/mol. The summed E-state index contributed by atoms with van der Waals surface area (Å²) in [7, 11) is 0. The largest absolute Gasteiger partial charge is 0.452 e. The summed E-state index contributed by atoms with van der Waals surface area (Å²) < 4.78 is 6.24. The van der Waals surface area contributed by atoms with Gasteiger partial charge in [0.05, 0.1) is 11.0 Å². The van der Waals surface area contributed by atoms with Gasteiger partial charge < -0.3 is 9.84 Å². The first-order valence-electron chi connectivity index (χ1n) is 10.2. The van der Waals surface area contributed by atoms with Crippen molar-refractivity contribution in [2.75, 3.05) is 0 Å². The lowest BCUT2D eigenvalue weighted by Gasteiger charge is -2.58. The van der Waals surface area contributed by atoms with Crippen LogP contribution >= 0.6 is 0 Å². The van der Waals surface area contributed by atoms with Crippen LogP contribution in [0.15, 0.2) is 48.5 Å². The SMILES string of the molecule is O=C(OC1c2ccccc2-c2ccccc21)C12C[C@@H]3C[C@@H](CC(O)(C3)C1)C2. The number of esters is 1. The van der Waals surface area contributed by atoms with E-state index in [1.54, 1.807) is 0 Å². The number of hydrogen-bond acceptors (Lipinski definition) is 3. The van der Waals surface area contributed by atoms with E-state index in [0.717, 1.165) is 47.9 Å². The highest BCUT2D eigenvalue weighted by atomic mass is 16.5. The van der Waals surface area contributed by atoms with E-state index in [9.17, 15) is 9.90 Å². The van der Waals surface area contributed by atoms with E-state index in [2.05, 4.69) is 24.3 Å². The number of benzene rings is 2. The summed E-state index contributed by atoms with van der Waals surface area (Å²) in [6.07, 6.45) is 4.95. The molecule has 0 saturated heterocycles. The molecule has 4 saturated carbocycles. The molecule has 4 fully saturated rings. The molecule has 27 heavy (non-hydrogen) atoms. The second kappa shape index (κ2) is 5.23. The molecule has 1 N–H and O–H groups in total. The van der Waals surface area contributed by atoms with Crippen LogP contribution in [0.25, 0.3) is 11.1 Å². The van der Waals surface area contributed by atoms with Crippen LogP contribution in [0.4, 0.5) is 0 Å². The molecule has 0 heterocycles. The van der Waals surface area contributed by atoms with Crippen molar-refractivity contribution in [2.24, 2.45) is 17.3 Å². The molecular weight excluding hydrogens is 336 g/mol. The molecule has 0 aromatic heterocycles. The third-order valence-electron chi connectivity index (χ3n) is 7.46. The molecule has 0 radical (unpaired) electrons. The van der Waals surface area contributed by atoms with Gasteiger partial charge in [0.1, 0.15) is 0 Å². The molecule has 2 aromatic carbocycles. The van der Waals surface area contributed by atoms with Gasteiger partial charge in [0, 0.05) is 11.1 Å².